The second-order valence-corrected chi connectivity index (χ2v) is 10.2. The van der Waals surface area contributed by atoms with Crippen molar-refractivity contribution in [1.82, 2.24) is 5.32 Å². The van der Waals surface area contributed by atoms with Crippen LogP contribution in [-0.2, 0) is 14.3 Å². The van der Waals surface area contributed by atoms with Gasteiger partial charge >= 0.3 is 5.97 Å². The van der Waals surface area contributed by atoms with E-state index in [0.29, 0.717) is 41.0 Å². The highest BCUT2D eigenvalue weighted by atomic mass is 35.5. The minimum atomic E-state index is -0.755. The van der Waals surface area contributed by atoms with E-state index in [1.807, 2.05) is 60.7 Å². The number of esters is 1. The number of dihydropyridines is 1. The molecule has 0 spiro atoms. The van der Waals surface area contributed by atoms with Gasteiger partial charge in [-0.05, 0) is 54.7 Å². The van der Waals surface area contributed by atoms with E-state index in [0.717, 1.165) is 11.3 Å². The van der Waals surface area contributed by atoms with Crippen LogP contribution >= 0.6 is 11.6 Å². The molecule has 40 heavy (non-hydrogen) atoms. The van der Waals surface area contributed by atoms with Crippen LogP contribution in [0.25, 0.3) is 0 Å². The molecule has 1 aliphatic carbocycles. The second kappa shape index (κ2) is 11.9. The van der Waals surface area contributed by atoms with Crippen molar-refractivity contribution >= 4 is 23.4 Å². The van der Waals surface area contributed by atoms with E-state index in [1.165, 1.54) is 7.11 Å². The highest BCUT2D eigenvalue weighted by Crippen LogP contribution is 2.48. The second-order valence-electron chi connectivity index (χ2n) is 9.78. The summed E-state index contributed by atoms with van der Waals surface area (Å²) in [4.78, 5) is 27.3. The molecule has 2 atom stereocenters. The van der Waals surface area contributed by atoms with Crippen molar-refractivity contribution in [3.8, 4) is 17.2 Å². The van der Waals surface area contributed by atoms with E-state index in [4.69, 9.17) is 25.8 Å². The lowest BCUT2D eigenvalue weighted by molar-refractivity contribution is -0.140. The lowest BCUT2D eigenvalue weighted by Gasteiger charge is -2.37. The molecule has 0 radical (unpaired) electrons. The third-order valence-corrected chi connectivity index (χ3v) is 7.54. The molecular weight excluding hydrogens is 530 g/mol. The minimum absolute atomic E-state index is 0.00924. The summed E-state index contributed by atoms with van der Waals surface area (Å²) < 4.78 is 16.6. The first kappa shape index (κ1) is 27.3. The third-order valence-electron chi connectivity index (χ3n) is 7.25. The zero-order valence-electron chi connectivity index (χ0n) is 22.3. The number of methoxy groups -OCH3 is 1. The van der Waals surface area contributed by atoms with Gasteiger partial charge in [0, 0.05) is 29.3 Å². The average molecular weight is 560 g/mol. The first-order valence-corrected chi connectivity index (χ1v) is 13.5. The number of hydrogen-bond donors (Lipinski definition) is 2. The highest BCUT2D eigenvalue weighted by Gasteiger charge is 2.42. The summed E-state index contributed by atoms with van der Waals surface area (Å²) in [5.41, 5.74) is 3.78. The van der Waals surface area contributed by atoms with Gasteiger partial charge in [0.05, 0.1) is 17.7 Å². The Morgan fingerprint density at radius 3 is 2.40 bits per heavy atom. The Morgan fingerprint density at radius 1 is 1.00 bits per heavy atom. The summed E-state index contributed by atoms with van der Waals surface area (Å²) in [6, 6.07) is 22.4. The maximum atomic E-state index is 13.8. The van der Waals surface area contributed by atoms with Crippen LogP contribution in [0, 0.1) is 0 Å². The standard InChI is InChI=1S/C32H30ClNO6/c1-19-28(32(37)40-14-13-39-23-11-7-4-8-12-23)29(22-15-24(33)31(36)27(18-22)38-2)30-25(34-19)16-21(17-26(30)35)20-9-5-3-6-10-20/h3-12,15,18,21,29,34,36H,13-14,16-17H2,1-2H3. The molecule has 8 heteroatoms. The molecule has 0 amide bonds. The molecule has 0 saturated heterocycles. The van der Waals surface area contributed by atoms with E-state index < -0.39 is 11.9 Å². The number of nitrogens with one attached hydrogen (secondary N) is 1. The van der Waals surface area contributed by atoms with E-state index in [9.17, 15) is 14.7 Å². The highest BCUT2D eigenvalue weighted by molar-refractivity contribution is 6.32. The monoisotopic (exact) mass is 559 g/mol. The maximum absolute atomic E-state index is 13.8. The van der Waals surface area contributed by atoms with E-state index in [1.54, 1.807) is 19.1 Å². The molecule has 0 aromatic heterocycles. The summed E-state index contributed by atoms with van der Waals surface area (Å²) in [5, 5.41) is 13.8. The fourth-order valence-corrected chi connectivity index (χ4v) is 5.63. The first-order chi connectivity index (χ1) is 19.4. The smallest absolute Gasteiger partial charge is 0.336 e. The van der Waals surface area contributed by atoms with Gasteiger partial charge in [0.25, 0.3) is 0 Å². The number of rotatable bonds is 8. The largest absolute Gasteiger partial charge is 0.503 e. The quantitative estimate of drug-likeness (QED) is 0.257. The number of phenols is 1. The number of ether oxygens (including phenoxy) is 3. The van der Waals surface area contributed by atoms with Crippen LogP contribution in [0.1, 0.15) is 42.7 Å². The molecule has 2 N–H and O–H groups in total. The summed E-state index contributed by atoms with van der Waals surface area (Å²) in [6.07, 6.45) is 0.908. The van der Waals surface area contributed by atoms with Gasteiger partial charge < -0.3 is 24.6 Å². The Kier molecular flexibility index (Phi) is 8.12. The number of aromatic hydroxyl groups is 1. The SMILES string of the molecule is COc1cc(C2C(C(=O)OCCOc3ccccc3)=C(C)NC3=C2C(=O)CC(c2ccccc2)C3)cc(Cl)c1O. The van der Waals surface area contributed by atoms with Crippen LogP contribution in [0.4, 0.5) is 0 Å². The molecule has 1 aliphatic heterocycles. The zero-order valence-corrected chi connectivity index (χ0v) is 23.0. The van der Waals surface area contributed by atoms with Gasteiger partial charge in [0.1, 0.15) is 19.0 Å². The fourth-order valence-electron chi connectivity index (χ4n) is 5.41. The molecule has 2 aliphatic rings. The predicted molar refractivity (Wildman–Crippen MR) is 152 cm³/mol. The summed E-state index contributed by atoms with van der Waals surface area (Å²) in [5.74, 6) is -0.772. The van der Waals surface area contributed by atoms with Gasteiger partial charge in [0.15, 0.2) is 17.3 Å². The predicted octanol–water partition coefficient (Wildman–Crippen LogP) is 6.04. The van der Waals surface area contributed by atoms with Gasteiger partial charge in [-0.3, -0.25) is 4.79 Å². The molecule has 5 rings (SSSR count). The van der Waals surface area contributed by atoms with Crippen LogP contribution in [0.5, 0.6) is 17.2 Å². The molecule has 7 nitrogen and oxygen atoms in total. The maximum Gasteiger partial charge on any atom is 0.336 e. The number of carbonyl (C=O) groups is 2. The number of halogens is 1. The van der Waals surface area contributed by atoms with Gasteiger partial charge in [-0.25, -0.2) is 4.79 Å². The topological polar surface area (TPSA) is 94.1 Å². The Morgan fingerprint density at radius 2 is 1.70 bits per heavy atom. The van der Waals surface area contributed by atoms with Crippen LogP contribution in [0.2, 0.25) is 5.02 Å². The molecule has 3 aromatic carbocycles. The van der Waals surface area contributed by atoms with Gasteiger partial charge in [0.2, 0.25) is 0 Å². The Hall–Kier alpha value is -4.23. The van der Waals surface area contributed by atoms with Crippen molar-refractivity contribution in [3.63, 3.8) is 0 Å². The van der Waals surface area contributed by atoms with E-state index >= 15 is 0 Å². The molecule has 1 heterocycles. The van der Waals surface area contributed by atoms with Crippen molar-refractivity contribution < 1.29 is 28.9 Å². The minimum Gasteiger partial charge on any atom is -0.503 e. The third kappa shape index (κ3) is 5.56. The number of benzene rings is 3. The van der Waals surface area contributed by atoms with E-state index in [-0.39, 0.29) is 41.4 Å². The number of carbonyl (C=O) groups excluding carboxylic acids is 2. The molecular formula is C32H30ClNO6. The first-order valence-electron chi connectivity index (χ1n) is 13.1. The zero-order chi connectivity index (χ0) is 28.2. The van der Waals surface area contributed by atoms with Crippen molar-refractivity contribution in [3.05, 3.63) is 111 Å². The van der Waals surface area contributed by atoms with Gasteiger partial charge in [-0.2, -0.15) is 0 Å². The molecule has 2 unspecified atom stereocenters. The van der Waals surface area contributed by atoms with Crippen LogP contribution in [0.3, 0.4) is 0 Å². The number of hydrogen-bond acceptors (Lipinski definition) is 7. The summed E-state index contributed by atoms with van der Waals surface area (Å²) in [6.45, 7) is 1.99. The Balaban J connectivity index is 1.48. The molecule has 3 aromatic rings. The average Bonchev–Trinajstić information content (AvgIpc) is 2.96. The Bertz CT molecular complexity index is 1480. The van der Waals surface area contributed by atoms with Crippen LogP contribution in [-0.4, -0.2) is 37.2 Å². The summed E-state index contributed by atoms with van der Waals surface area (Å²) in [7, 11) is 1.42. The van der Waals surface area contributed by atoms with E-state index in [2.05, 4.69) is 5.32 Å². The molecule has 0 bridgehead atoms. The number of Topliss-reactive ketones (excluding diaryl/α,β-unsaturated/α-hetero) is 1. The van der Waals surface area contributed by atoms with Crippen molar-refractivity contribution in [2.45, 2.75) is 31.6 Å². The number of phenolic OH excluding ortho intramolecular Hbond substituents is 1. The van der Waals surface area contributed by atoms with Crippen molar-refractivity contribution in [2.24, 2.45) is 0 Å². The fraction of sp³-hybridized carbons (Fsp3) is 0.250. The van der Waals surface area contributed by atoms with Crippen LogP contribution in [0.15, 0.2) is 95.3 Å². The van der Waals surface area contributed by atoms with Crippen molar-refractivity contribution in [1.29, 1.82) is 0 Å². The van der Waals surface area contributed by atoms with Gasteiger partial charge in [-0.1, -0.05) is 60.1 Å². The van der Waals surface area contributed by atoms with Gasteiger partial charge in [-0.15, -0.1) is 0 Å². The molecule has 0 fully saturated rings. The molecule has 206 valence electrons. The normalized spacial score (nSPS) is 18.6. The number of allylic oxidation sites excluding steroid dienone is 3. The molecule has 0 saturated carbocycles. The lowest BCUT2D eigenvalue weighted by atomic mass is 9.71. The lowest BCUT2D eigenvalue weighted by Crippen LogP contribution is -2.36. The number of ketones is 1. The van der Waals surface area contributed by atoms with Crippen LogP contribution < -0.4 is 14.8 Å². The number of para-hydroxylation sites is 1. The van der Waals surface area contributed by atoms with Crippen molar-refractivity contribution in [2.75, 3.05) is 20.3 Å². The summed E-state index contributed by atoms with van der Waals surface area (Å²) >= 11 is 6.36. The Labute approximate surface area is 238 Å².